The van der Waals surface area contributed by atoms with Crippen molar-refractivity contribution in [2.45, 2.75) is 33.0 Å². The second-order valence-electron chi connectivity index (χ2n) is 3.80. The van der Waals surface area contributed by atoms with Gasteiger partial charge in [-0.25, -0.2) is 0 Å². The maximum atomic E-state index is 9.88. The molecule has 2 radical (unpaired) electrons. The minimum Gasteiger partial charge on any atom is -0.392 e. The van der Waals surface area contributed by atoms with Crippen LogP contribution in [0.4, 0.5) is 0 Å². The molecule has 14 heavy (non-hydrogen) atoms. The summed E-state index contributed by atoms with van der Waals surface area (Å²) >= 11 is 0. The third kappa shape index (κ3) is 4.59. The first kappa shape index (κ1) is 14.2. The highest BCUT2D eigenvalue weighted by atomic mass is 31.1. The van der Waals surface area contributed by atoms with Crippen molar-refractivity contribution < 1.29 is 9.63 Å². The van der Waals surface area contributed by atoms with Gasteiger partial charge in [-0.2, -0.15) is 0 Å². The van der Waals surface area contributed by atoms with Gasteiger partial charge in [0, 0.05) is 11.8 Å². The van der Waals surface area contributed by atoms with Gasteiger partial charge < -0.3 is 9.63 Å². The molecule has 5 atom stereocenters. The number of aliphatic hydroxyl groups is 1. The number of hydrogen-bond acceptors (Lipinski definition) is 2. The second-order valence-corrected chi connectivity index (χ2v) is 5.10. The largest absolute Gasteiger partial charge is 0.392 e. The predicted molar refractivity (Wildman–Crippen MR) is 63.7 cm³/mol. The Hall–Kier alpha value is 0.155. The lowest BCUT2D eigenvalue weighted by Crippen LogP contribution is -2.32. The lowest BCUT2D eigenvalue weighted by Gasteiger charge is -2.29. The molecular weight excluding hydrogens is 194 g/mol. The van der Waals surface area contributed by atoms with E-state index in [1.165, 1.54) is 0 Å². The lowest BCUT2D eigenvalue weighted by molar-refractivity contribution is 0.0283. The van der Waals surface area contributed by atoms with E-state index in [4.69, 9.17) is 12.1 Å². The van der Waals surface area contributed by atoms with Gasteiger partial charge in [-0.3, -0.25) is 0 Å². The molecular formula is C10H20BO2P. The highest BCUT2D eigenvalue weighted by Gasteiger charge is 2.25. The Balaban J connectivity index is 4.15. The van der Waals surface area contributed by atoms with Crippen LogP contribution in [0.1, 0.15) is 20.8 Å². The van der Waals surface area contributed by atoms with Crippen molar-refractivity contribution in [2.24, 2.45) is 11.8 Å². The third-order valence-corrected chi connectivity index (χ3v) is 3.19. The molecule has 0 aliphatic carbocycles. The van der Waals surface area contributed by atoms with Crippen LogP contribution in [0.3, 0.4) is 0 Å². The van der Waals surface area contributed by atoms with Crippen LogP contribution in [0.15, 0.2) is 12.7 Å². The molecule has 0 fully saturated rings. The summed E-state index contributed by atoms with van der Waals surface area (Å²) in [5, 5.41) is 9.88. The number of aliphatic hydroxyl groups excluding tert-OH is 1. The van der Waals surface area contributed by atoms with Crippen LogP contribution in [0.2, 0.25) is 0 Å². The summed E-state index contributed by atoms with van der Waals surface area (Å²) in [6, 6.07) is 0. The summed E-state index contributed by atoms with van der Waals surface area (Å²) in [6.45, 7) is 11.4. The Morgan fingerprint density at radius 2 is 1.93 bits per heavy atom. The summed E-state index contributed by atoms with van der Waals surface area (Å²) in [5.41, 5.74) is 0. The maximum absolute atomic E-state index is 9.88. The van der Waals surface area contributed by atoms with Crippen molar-refractivity contribution in [2.75, 3.05) is 6.66 Å². The molecule has 80 valence electrons. The van der Waals surface area contributed by atoms with E-state index in [-0.39, 0.29) is 17.9 Å². The molecule has 1 N–H and O–H groups in total. The zero-order valence-corrected chi connectivity index (χ0v) is 10.4. The molecule has 0 spiro atoms. The molecule has 0 aromatic carbocycles. The SMILES string of the molecule is [B]P(C)OC(C)C(C)C(O)C(C)C=C. The summed E-state index contributed by atoms with van der Waals surface area (Å²) < 4.78 is 5.48. The fourth-order valence-electron chi connectivity index (χ4n) is 1.25. The second kappa shape index (κ2) is 6.60. The van der Waals surface area contributed by atoms with Crippen molar-refractivity contribution in [1.29, 1.82) is 0 Å². The molecule has 0 aromatic rings. The van der Waals surface area contributed by atoms with Gasteiger partial charge in [0.2, 0.25) is 0 Å². The van der Waals surface area contributed by atoms with Gasteiger partial charge in [-0.1, -0.05) is 19.9 Å². The molecule has 0 saturated carbocycles. The van der Waals surface area contributed by atoms with E-state index in [9.17, 15) is 5.11 Å². The van der Waals surface area contributed by atoms with Gasteiger partial charge in [0.05, 0.1) is 12.2 Å². The van der Waals surface area contributed by atoms with E-state index in [0.717, 1.165) is 0 Å². The first-order chi connectivity index (χ1) is 6.40. The first-order valence-corrected chi connectivity index (χ1v) is 6.63. The van der Waals surface area contributed by atoms with E-state index in [2.05, 4.69) is 6.58 Å². The topological polar surface area (TPSA) is 29.5 Å². The number of rotatable bonds is 6. The Morgan fingerprint density at radius 1 is 1.43 bits per heavy atom. The van der Waals surface area contributed by atoms with Crippen LogP contribution in [0, 0.1) is 11.8 Å². The van der Waals surface area contributed by atoms with Crippen molar-refractivity contribution in [3.8, 4) is 0 Å². The van der Waals surface area contributed by atoms with E-state index in [0.29, 0.717) is 0 Å². The summed E-state index contributed by atoms with van der Waals surface area (Å²) in [6.07, 6.45) is 1.32. The average molecular weight is 214 g/mol. The molecule has 0 saturated heterocycles. The first-order valence-electron chi connectivity index (χ1n) is 4.86. The van der Waals surface area contributed by atoms with Crippen LogP contribution in [0.25, 0.3) is 0 Å². The van der Waals surface area contributed by atoms with Crippen molar-refractivity contribution in [1.82, 2.24) is 0 Å². The number of hydrogen-bond donors (Lipinski definition) is 1. The molecule has 2 nitrogen and oxygen atoms in total. The summed E-state index contributed by atoms with van der Waals surface area (Å²) in [4.78, 5) is 0. The van der Waals surface area contributed by atoms with E-state index in [1.54, 1.807) is 6.08 Å². The molecule has 0 aromatic heterocycles. The van der Waals surface area contributed by atoms with Crippen LogP contribution in [-0.2, 0) is 4.52 Å². The fourth-order valence-corrected chi connectivity index (χ4v) is 1.97. The summed E-state index contributed by atoms with van der Waals surface area (Å²) in [5.74, 6) is 0.147. The Morgan fingerprint density at radius 3 is 2.29 bits per heavy atom. The lowest BCUT2D eigenvalue weighted by atomic mass is 9.90. The van der Waals surface area contributed by atoms with Crippen LogP contribution in [0.5, 0.6) is 0 Å². The predicted octanol–water partition coefficient (Wildman–Crippen LogP) is 2.32. The normalized spacial score (nSPS) is 22.1. The molecule has 0 rings (SSSR count). The van der Waals surface area contributed by atoms with Crippen molar-refractivity contribution in [3.05, 3.63) is 12.7 Å². The Labute approximate surface area is 89.9 Å². The van der Waals surface area contributed by atoms with Crippen LogP contribution >= 0.6 is 8.03 Å². The Kier molecular flexibility index (Phi) is 6.68. The minimum atomic E-state index is -0.858. The van der Waals surface area contributed by atoms with E-state index >= 15 is 0 Å². The van der Waals surface area contributed by atoms with E-state index in [1.807, 2.05) is 27.4 Å². The molecule has 0 heterocycles. The van der Waals surface area contributed by atoms with Gasteiger partial charge in [0.25, 0.3) is 0 Å². The monoisotopic (exact) mass is 214 g/mol. The van der Waals surface area contributed by atoms with Gasteiger partial charge in [0.15, 0.2) is 0 Å². The van der Waals surface area contributed by atoms with Gasteiger partial charge in [-0.05, 0) is 21.6 Å². The summed E-state index contributed by atoms with van der Waals surface area (Å²) in [7, 11) is 4.72. The van der Waals surface area contributed by atoms with Crippen molar-refractivity contribution >= 4 is 15.6 Å². The average Bonchev–Trinajstić information content (AvgIpc) is 2.13. The quantitative estimate of drug-likeness (QED) is 0.417. The maximum Gasteiger partial charge on any atom is 0.148 e. The fraction of sp³-hybridized carbons (Fsp3) is 0.800. The van der Waals surface area contributed by atoms with Gasteiger partial charge in [-0.15, -0.1) is 6.58 Å². The highest BCUT2D eigenvalue weighted by molar-refractivity contribution is 7.77. The molecule has 4 heteroatoms. The third-order valence-electron chi connectivity index (χ3n) is 2.52. The molecule has 0 aliphatic rings. The standard InChI is InChI=1S/C10H20BO2P/c1-6-7(2)10(12)8(3)9(4)13-14(5)11/h6-10,12H,1H2,2-5H3. The molecule has 0 bridgehead atoms. The molecule has 0 amide bonds. The molecule has 5 unspecified atom stereocenters. The van der Waals surface area contributed by atoms with Gasteiger partial charge in [0.1, 0.15) is 7.57 Å². The Bertz CT molecular complexity index is 176. The minimum absolute atomic E-state index is 0.0199. The molecule has 0 aliphatic heterocycles. The van der Waals surface area contributed by atoms with Crippen LogP contribution < -0.4 is 0 Å². The van der Waals surface area contributed by atoms with Gasteiger partial charge >= 0.3 is 0 Å². The van der Waals surface area contributed by atoms with E-state index < -0.39 is 14.1 Å². The zero-order chi connectivity index (χ0) is 11.3. The van der Waals surface area contributed by atoms with Crippen molar-refractivity contribution in [3.63, 3.8) is 0 Å². The highest BCUT2D eigenvalue weighted by Crippen LogP contribution is 2.31. The smallest absolute Gasteiger partial charge is 0.148 e. The van der Waals surface area contributed by atoms with Crippen LogP contribution in [-0.4, -0.2) is 31.5 Å². The zero-order valence-electron chi connectivity index (χ0n) is 9.47.